The summed E-state index contributed by atoms with van der Waals surface area (Å²) in [4.78, 5) is 42.5. The molecule has 1 saturated heterocycles. The van der Waals surface area contributed by atoms with E-state index in [2.05, 4.69) is 4.98 Å². The highest BCUT2D eigenvalue weighted by Gasteiger charge is 2.28. The number of esters is 1. The number of piperidine rings is 1. The monoisotopic (exact) mass is 387 g/mol. The first kappa shape index (κ1) is 19.0. The summed E-state index contributed by atoms with van der Waals surface area (Å²) in [5.74, 6) is -1.64. The van der Waals surface area contributed by atoms with Gasteiger partial charge in [0.15, 0.2) is 6.61 Å². The summed E-state index contributed by atoms with van der Waals surface area (Å²) >= 11 is 1.24. The Bertz CT molecular complexity index is 850. The molecule has 1 aromatic carbocycles. The molecule has 2 heterocycles. The van der Waals surface area contributed by atoms with E-state index in [1.54, 1.807) is 0 Å². The van der Waals surface area contributed by atoms with Crippen LogP contribution in [0, 0.1) is 12.8 Å². The van der Waals surface area contributed by atoms with E-state index in [-0.39, 0.29) is 25.0 Å². The zero-order chi connectivity index (χ0) is 19.4. The molecule has 1 aliphatic rings. The maximum atomic E-state index is 12.5. The summed E-state index contributed by atoms with van der Waals surface area (Å²) in [6.45, 7) is 2.27. The molecular weight excluding hydrogens is 366 g/mol. The van der Waals surface area contributed by atoms with Gasteiger partial charge in [-0.15, -0.1) is 11.3 Å². The van der Waals surface area contributed by atoms with E-state index in [0.717, 1.165) is 10.6 Å². The lowest BCUT2D eigenvalue weighted by Gasteiger charge is -2.31. The van der Waals surface area contributed by atoms with Crippen LogP contribution in [-0.4, -0.2) is 47.4 Å². The highest BCUT2D eigenvalue weighted by atomic mass is 32.1. The average Bonchev–Trinajstić information content (AvgIpc) is 3.08. The Morgan fingerprint density at radius 3 is 2.74 bits per heavy atom. The molecule has 1 fully saturated rings. The largest absolute Gasteiger partial charge is 0.451 e. The molecule has 8 heteroatoms. The number of aryl methyl sites for hydroxylation is 1. The van der Waals surface area contributed by atoms with Gasteiger partial charge in [0.2, 0.25) is 5.91 Å². The maximum absolute atomic E-state index is 12.5. The molecule has 27 heavy (non-hydrogen) atoms. The summed E-state index contributed by atoms with van der Waals surface area (Å²) in [7, 11) is 0. The molecule has 0 saturated carbocycles. The van der Waals surface area contributed by atoms with Crippen LogP contribution in [-0.2, 0) is 14.3 Å². The van der Waals surface area contributed by atoms with E-state index in [4.69, 9.17) is 10.5 Å². The predicted molar refractivity (Wildman–Crippen MR) is 101 cm³/mol. The fourth-order valence-corrected chi connectivity index (χ4v) is 3.91. The highest BCUT2D eigenvalue weighted by Crippen LogP contribution is 2.28. The number of nitrogens with two attached hydrogens (primary N) is 1. The molecule has 2 aromatic rings. The average molecular weight is 387 g/mol. The van der Waals surface area contributed by atoms with Crippen LogP contribution in [0.1, 0.15) is 27.5 Å². The molecule has 0 aliphatic carbocycles. The third-order valence-corrected chi connectivity index (χ3v) is 5.42. The molecule has 2 amide bonds. The van der Waals surface area contributed by atoms with Crippen molar-refractivity contribution in [2.24, 2.45) is 11.7 Å². The Labute approximate surface area is 161 Å². The van der Waals surface area contributed by atoms with Crippen molar-refractivity contribution in [2.45, 2.75) is 19.8 Å². The molecular formula is C19H21N3O4S. The Morgan fingerprint density at radius 2 is 2.04 bits per heavy atom. The van der Waals surface area contributed by atoms with Crippen molar-refractivity contribution in [1.82, 2.24) is 9.88 Å². The summed E-state index contributed by atoms with van der Waals surface area (Å²) in [5, 5.41) is 0.743. The second kappa shape index (κ2) is 8.30. The molecule has 2 N–H and O–H groups in total. The number of ether oxygens (including phenoxy) is 1. The number of nitrogens with zero attached hydrogens (tertiary/aromatic N) is 2. The fourth-order valence-electron chi connectivity index (χ4n) is 3.08. The van der Waals surface area contributed by atoms with Crippen LogP contribution in [0.3, 0.4) is 0 Å². The van der Waals surface area contributed by atoms with Crippen LogP contribution >= 0.6 is 11.3 Å². The summed E-state index contributed by atoms with van der Waals surface area (Å²) in [6, 6.07) is 9.36. The van der Waals surface area contributed by atoms with E-state index < -0.39 is 11.9 Å². The summed E-state index contributed by atoms with van der Waals surface area (Å²) < 4.78 is 5.24. The van der Waals surface area contributed by atoms with Gasteiger partial charge in [0.25, 0.3) is 5.91 Å². The number of likely N-dealkylation sites (tertiary alicyclic amines) is 1. The smallest absolute Gasteiger partial charge is 0.351 e. The van der Waals surface area contributed by atoms with Crippen molar-refractivity contribution in [3.8, 4) is 11.3 Å². The first-order valence-electron chi connectivity index (χ1n) is 8.72. The second-order valence-corrected chi connectivity index (χ2v) is 7.64. The van der Waals surface area contributed by atoms with Crippen LogP contribution in [0.4, 0.5) is 0 Å². The number of carbonyl (C=O) groups is 3. The van der Waals surface area contributed by atoms with Crippen LogP contribution in [0.25, 0.3) is 11.3 Å². The first-order valence-corrected chi connectivity index (χ1v) is 9.54. The van der Waals surface area contributed by atoms with Crippen LogP contribution in [0.2, 0.25) is 0 Å². The van der Waals surface area contributed by atoms with Gasteiger partial charge in [-0.2, -0.15) is 0 Å². The molecule has 142 valence electrons. The van der Waals surface area contributed by atoms with Crippen LogP contribution < -0.4 is 5.73 Å². The lowest BCUT2D eigenvalue weighted by atomic mass is 9.97. The van der Waals surface area contributed by atoms with Gasteiger partial charge in [0.1, 0.15) is 4.88 Å². The second-order valence-electron chi connectivity index (χ2n) is 6.43. The topological polar surface area (TPSA) is 103 Å². The number of hydrogen-bond acceptors (Lipinski definition) is 6. The van der Waals surface area contributed by atoms with E-state index in [1.807, 2.05) is 37.3 Å². The molecule has 1 aliphatic heterocycles. The van der Waals surface area contributed by atoms with Gasteiger partial charge in [-0.3, -0.25) is 9.59 Å². The standard InChI is InChI=1S/C19H21N3O4S/c1-12-21-16(13-6-3-2-4-7-13)17(27-12)19(25)26-11-15(23)22-9-5-8-14(10-22)18(20)24/h2-4,6-7,14H,5,8-11H2,1H3,(H2,20,24)/t14-/m0/s1. The van der Waals surface area contributed by atoms with Gasteiger partial charge in [-0.1, -0.05) is 30.3 Å². The number of benzene rings is 1. The van der Waals surface area contributed by atoms with Crippen molar-refractivity contribution in [1.29, 1.82) is 0 Å². The number of primary amides is 1. The van der Waals surface area contributed by atoms with Gasteiger partial charge < -0.3 is 15.4 Å². The molecule has 7 nitrogen and oxygen atoms in total. The number of rotatable bonds is 5. The van der Waals surface area contributed by atoms with Gasteiger partial charge >= 0.3 is 5.97 Å². The minimum atomic E-state index is -0.573. The molecule has 0 radical (unpaired) electrons. The molecule has 3 rings (SSSR count). The zero-order valence-corrected chi connectivity index (χ0v) is 15.8. The van der Waals surface area contributed by atoms with Crippen molar-refractivity contribution < 1.29 is 19.1 Å². The van der Waals surface area contributed by atoms with Gasteiger partial charge in [-0.05, 0) is 19.8 Å². The Hall–Kier alpha value is -2.74. The minimum absolute atomic E-state index is 0.278. The molecule has 0 bridgehead atoms. The van der Waals surface area contributed by atoms with E-state index in [9.17, 15) is 14.4 Å². The van der Waals surface area contributed by atoms with Crippen molar-refractivity contribution in [2.75, 3.05) is 19.7 Å². The number of aromatic nitrogens is 1. The fraction of sp³-hybridized carbons (Fsp3) is 0.368. The van der Waals surface area contributed by atoms with Gasteiger partial charge in [-0.25, -0.2) is 9.78 Å². The molecule has 1 atom stereocenters. The number of hydrogen-bond donors (Lipinski definition) is 1. The lowest BCUT2D eigenvalue weighted by Crippen LogP contribution is -2.45. The normalized spacial score (nSPS) is 16.8. The van der Waals surface area contributed by atoms with Crippen molar-refractivity contribution >= 4 is 29.1 Å². The number of amides is 2. The maximum Gasteiger partial charge on any atom is 0.351 e. The van der Waals surface area contributed by atoms with Gasteiger partial charge in [0, 0.05) is 18.7 Å². The molecule has 0 unspecified atom stereocenters. The van der Waals surface area contributed by atoms with E-state index in [0.29, 0.717) is 30.0 Å². The number of carbonyl (C=O) groups excluding carboxylic acids is 3. The van der Waals surface area contributed by atoms with Crippen molar-refractivity contribution in [3.05, 3.63) is 40.2 Å². The Morgan fingerprint density at radius 1 is 1.30 bits per heavy atom. The van der Waals surface area contributed by atoms with Crippen LogP contribution in [0.5, 0.6) is 0 Å². The van der Waals surface area contributed by atoms with E-state index in [1.165, 1.54) is 16.2 Å². The molecule has 1 aromatic heterocycles. The number of thiazole rings is 1. The SMILES string of the molecule is Cc1nc(-c2ccccc2)c(C(=O)OCC(=O)N2CCC[C@H](C(N)=O)C2)s1. The van der Waals surface area contributed by atoms with Crippen molar-refractivity contribution in [3.63, 3.8) is 0 Å². The first-order chi connectivity index (χ1) is 13.0. The highest BCUT2D eigenvalue weighted by molar-refractivity contribution is 7.14. The third kappa shape index (κ3) is 4.51. The minimum Gasteiger partial charge on any atom is -0.451 e. The Kier molecular flexibility index (Phi) is 5.85. The van der Waals surface area contributed by atoms with Gasteiger partial charge in [0.05, 0.1) is 16.6 Å². The summed E-state index contributed by atoms with van der Waals surface area (Å²) in [6.07, 6.45) is 1.39. The molecule has 0 spiro atoms. The Balaban J connectivity index is 1.65. The summed E-state index contributed by atoms with van der Waals surface area (Å²) in [5.41, 5.74) is 6.71. The van der Waals surface area contributed by atoms with E-state index >= 15 is 0 Å². The van der Waals surface area contributed by atoms with Crippen LogP contribution in [0.15, 0.2) is 30.3 Å². The predicted octanol–water partition coefficient (Wildman–Crippen LogP) is 2.00. The third-order valence-electron chi connectivity index (χ3n) is 4.47. The zero-order valence-electron chi connectivity index (χ0n) is 15.0. The quantitative estimate of drug-likeness (QED) is 0.791. The lowest BCUT2D eigenvalue weighted by molar-refractivity contribution is -0.137.